The molecule has 0 unspecified atom stereocenters. The van der Waals surface area contributed by atoms with E-state index in [-0.39, 0.29) is 11.6 Å². The molecule has 0 aromatic carbocycles. The fourth-order valence-electron chi connectivity index (χ4n) is 1.72. The van der Waals surface area contributed by atoms with Gasteiger partial charge in [0.05, 0.1) is 17.1 Å². The molecule has 0 fully saturated rings. The third kappa shape index (κ3) is 0.969. The van der Waals surface area contributed by atoms with Crippen LogP contribution in [0.1, 0.15) is 0 Å². The molecule has 4 N–H and O–H groups in total. The second-order valence-corrected chi connectivity index (χ2v) is 3.31. The maximum Gasteiger partial charge on any atom is 0.168 e. The number of anilines is 1. The van der Waals surface area contributed by atoms with Crippen LogP contribution in [0.15, 0.2) is 24.5 Å². The number of aromatic amines is 1. The van der Waals surface area contributed by atoms with Gasteiger partial charge < -0.3 is 15.8 Å². The molecule has 0 amide bonds. The van der Waals surface area contributed by atoms with E-state index >= 15 is 0 Å². The van der Waals surface area contributed by atoms with E-state index in [4.69, 9.17) is 5.73 Å². The molecule has 0 radical (unpaired) electrons. The van der Waals surface area contributed by atoms with Crippen molar-refractivity contribution in [1.29, 1.82) is 0 Å². The Bertz CT molecular complexity index is 659. The minimum atomic E-state index is 0.00625. The molecule has 15 heavy (non-hydrogen) atoms. The van der Waals surface area contributed by atoms with Crippen molar-refractivity contribution in [3.63, 3.8) is 0 Å². The predicted octanol–water partition coefficient (Wildman–Crippen LogP) is 1.40. The van der Waals surface area contributed by atoms with Crippen LogP contribution in [-0.2, 0) is 0 Å². The van der Waals surface area contributed by atoms with Crippen LogP contribution >= 0.6 is 0 Å². The maximum atomic E-state index is 9.81. The van der Waals surface area contributed by atoms with Gasteiger partial charge in [-0.25, -0.2) is 9.97 Å². The summed E-state index contributed by atoms with van der Waals surface area (Å²) >= 11 is 0. The van der Waals surface area contributed by atoms with E-state index in [1.165, 1.54) is 0 Å². The molecule has 3 heterocycles. The van der Waals surface area contributed by atoms with Crippen LogP contribution in [0.25, 0.3) is 21.9 Å². The van der Waals surface area contributed by atoms with Gasteiger partial charge in [-0.05, 0) is 12.1 Å². The van der Waals surface area contributed by atoms with Crippen LogP contribution in [0.3, 0.4) is 0 Å². The van der Waals surface area contributed by atoms with E-state index in [1.54, 1.807) is 12.4 Å². The van der Waals surface area contributed by atoms with E-state index in [2.05, 4.69) is 15.0 Å². The highest BCUT2D eigenvalue weighted by Crippen LogP contribution is 2.33. The highest BCUT2D eigenvalue weighted by atomic mass is 16.3. The van der Waals surface area contributed by atoms with Crippen LogP contribution in [0, 0.1) is 0 Å². The highest BCUT2D eigenvalue weighted by Gasteiger charge is 2.11. The van der Waals surface area contributed by atoms with Crippen LogP contribution < -0.4 is 5.73 Å². The van der Waals surface area contributed by atoms with Crippen molar-refractivity contribution in [3.8, 4) is 5.75 Å². The number of nitrogens with zero attached hydrogens (tertiary/aromatic N) is 2. The average Bonchev–Trinajstić information content (AvgIpc) is 2.62. The summed E-state index contributed by atoms with van der Waals surface area (Å²) in [7, 11) is 0. The second-order valence-electron chi connectivity index (χ2n) is 3.31. The van der Waals surface area contributed by atoms with Crippen LogP contribution in [0.4, 0.5) is 5.82 Å². The van der Waals surface area contributed by atoms with Crippen molar-refractivity contribution >= 4 is 27.8 Å². The zero-order chi connectivity index (χ0) is 10.4. The topological polar surface area (TPSA) is 87.8 Å². The van der Waals surface area contributed by atoms with Gasteiger partial charge in [-0.15, -0.1) is 0 Å². The first-order chi connectivity index (χ1) is 7.27. The molecule has 0 aliphatic carbocycles. The van der Waals surface area contributed by atoms with E-state index in [9.17, 15) is 5.11 Å². The average molecular weight is 200 g/mol. The van der Waals surface area contributed by atoms with Gasteiger partial charge in [0.2, 0.25) is 0 Å². The molecule has 0 saturated heterocycles. The van der Waals surface area contributed by atoms with Crippen molar-refractivity contribution < 1.29 is 5.11 Å². The lowest BCUT2D eigenvalue weighted by Gasteiger charge is -1.98. The summed E-state index contributed by atoms with van der Waals surface area (Å²) in [4.78, 5) is 11.1. The fraction of sp³-hybridized carbons (Fsp3) is 0. The number of pyridine rings is 2. The molecular weight excluding hydrogens is 192 g/mol. The number of nitrogens with one attached hydrogen (secondary N) is 1. The van der Waals surface area contributed by atoms with Crippen LogP contribution in [0.5, 0.6) is 5.75 Å². The number of H-pyrrole nitrogens is 1. The van der Waals surface area contributed by atoms with E-state index in [1.807, 2.05) is 12.1 Å². The van der Waals surface area contributed by atoms with Gasteiger partial charge in [0.1, 0.15) is 5.65 Å². The Morgan fingerprint density at radius 1 is 1.33 bits per heavy atom. The Labute approximate surface area is 84.6 Å². The summed E-state index contributed by atoms with van der Waals surface area (Å²) in [6.45, 7) is 0. The number of nitrogens with two attached hydrogens (primary N) is 1. The molecule has 0 bridgehead atoms. The first-order valence-electron chi connectivity index (χ1n) is 4.47. The Morgan fingerprint density at radius 2 is 2.20 bits per heavy atom. The zero-order valence-electron chi connectivity index (χ0n) is 7.73. The van der Waals surface area contributed by atoms with Crippen molar-refractivity contribution in [3.05, 3.63) is 24.5 Å². The van der Waals surface area contributed by atoms with Gasteiger partial charge in [0.25, 0.3) is 0 Å². The summed E-state index contributed by atoms with van der Waals surface area (Å²) < 4.78 is 0. The zero-order valence-corrected chi connectivity index (χ0v) is 7.73. The van der Waals surface area contributed by atoms with Crippen molar-refractivity contribution in [2.75, 3.05) is 5.73 Å². The molecular formula is C10H8N4O. The third-order valence-corrected chi connectivity index (χ3v) is 2.41. The van der Waals surface area contributed by atoms with Crippen LogP contribution in [0.2, 0.25) is 0 Å². The number of fused-ring (bicyclic) bond motifs is 3. The minimum Gasteiger partial charge on any atom is -0.504 e. The Balaban J connectivity index is 2.63. The number of rotatable bonds is 0. The SMILES string of the molecule is Nc1ncc2[nH]c3ncccc3c2c1O. The monoisotopic (exact) mass is 200 g/mol. The largest absolute Gasteiger partial charge is 0.504 e. The molecule has 0 spiro atoms. The van der Waals surface area contributed by atoms with Gasteiger partial charge in [0, 0.05) is 11.6 Å². The standard InChI is InChI=1S/C10H8N4O/c11-9-8(15)7-5-2-1-3-12-10(5)14-6(7)4-13-9/h1-4,15H,(H2,11,13)(H,12,14). The van der Waals surface area contributed by atoms with E-state index < -0.39 is 0 Å². The van der Waals surface area contributed by atoms with Gasteiger partial charge in [-0.1, -0.05) is 0 Å². The molecule has 5 heteroatoms. The molecule has 3 aromatic rings. The normalized spacial score (nSPS) is 11.2. The Hall–Kier alpha value is -2.30. The quantitative estimate of drug-likeness (QED) is 0.511. The number of hydrogen-bond acceptors (Lipinski definition) is 4. The lowest BCUT2D eigenvalue weighted by Crippen LogP contribution is -1.89. The minimum absolute atomic E-state index is 0.00625. The van der Waals surface area contributed by atoms with Gasteiger partial charge in [-0.3, -0.25) is 0 Å². The Morgan fingerprint density at radius 3 is 3.07 bits per heavy atom. The summed E-state index contributed by atoms with van der Waals surface area (Å²) in [6.07, 6.45) is 3.28. The number of nitrogen functional groups attached to an aromatic ring is 1. The van der Waals surface area contributed by atoms with E-state index in [0.717, 1.165) is 16.6 Å². The summed E-state index contributed by atoms with van der Waals surface area (Å²) in [5.74, 6) is 0.138. The van der Waals surface area contributed by atoms with Gasteiger partial charge in [0.15, 0.2) is 11.6 Å². The first-order valence-corrected chi connectivity index (χ1v) is 4.47. The lowest BCUT2D eigenvalue weighted by atomic mass is 10.2. The second kappa shape index (κ2) is 2.60. The molecule has 3 aromatic heterocycles. The van der Waals surface area contributed by atoms with Crippen molar-refractivity contribution in [2.45, 2.75) is 0 Å². The predicted molar refractivity (Wildman–Crippen MR) is 57.5 cm³/mol. The lowest BCUT2D eigenvalue weighted by molar-refractivity contribution is 0.482. The molecule has 0 saturated carbocycles. The number of aromatic nitrogens is 3. The van der Waals surface area contributed by atoms with Gasteiger partial charge >= 0.3 is 0 Å². The van der Waals surface area contributed by atoms with E-state index in [0.29, 0.717) is 5.39 Å². The van der Waals surface area contributed by atoms with Crippen LogP contribution in [-0.4, -0.2) is 20.1 Å². The molecule has 0 aliphatic rings. The molecule has 74 valence electrons. The Kier molecular flexibility index (Phi) is 1.39. The fourth-order valence-corrected chi connectivity index (χ4v) is 1.72. The number of aromatic hydroxyl groups is 1. The number of hydrogen-bond donors (Lipinski definition) is 3. The molecule has 0 aliphatic heterocycles. The smallest absolute Gasteiger partial charge is 0.168 e. The maximum absolute atomic E-state index is 9.81. The third-order valence-electron chi connectivity index (χ3n) is 2.41. The van der Waals surface area contributed by atoms with Crippen molar-refractivity contribution in [2.24, 2.45) is 0 Å². The molecule has 5 nitrogen and oxygen atoms in total. The summed E-state index contributed by atoms with van der Waals surface area (Å²) in [5.41, 5.74) is 6.99. The van der Waals surface area contributed by atoms with Crippen molar-refractivity contribution in [1.82, 2.24) is 15.0 Å². The summed E-state index contributed by atoms with van der Waals surface area (Å²) in [6, 6.07) is 3.69. The van der Waals surface area contributed by atoms with Gasteiger partial charge in [-0.2, -0.15) is 0 Å². The summed E-state index contributed by atoms with van der Waals surface area (Å²) in [5, 5.41) is 11.3. The molecule has 0 atom stereocenters. The molecule has 3 rings (SSSR count). The highest BCUT2D eigenvalue weighted by molar-refractivity contribution is 6.10. The first kappa shape index (κ1) is 8.05.